The summed E-state index contributed by atoms with van der Waals surface area (Å²) in [5.74, 6) is -0.401. The van der Waals surface area contributed by atoms with Crippen molar-refractivity contribution in [3.05, 3.63) is 78.1 Å². The van der Waals surface area contributed by atoms with E-state index < -0.39 is 17.6 Å². The topological polar surface area (TPSA) is 46.9 Å². The van der Waals surface area contributed by atoms with Crippen LogP contribution in [0.5, 0.6) is 0 Å². The molecule has 0 aliphatic carbocycles. The molecule has 1 amide bonds. The third kappa shape index (κ3) is 3.45. The van der Waals surface area contributed by atoms with Gasteiger partial charge in [0, 0.05) is 23.6 Å². The van der Waals surface area contributed by atoms with Gasteiger partial charge in [-0.1, -0.05) is 0 Å². The first-order chi connectivity index (χ1) is 11.4. The first-order valence-corrected chi connectivity index (χ1v) is 7.02. The Kier molecular flexibility index (Phi) is 4.07. The lowest BCUT2D eigenvalue weighted by atomic mass is 10.1. The fourth-order valence-corrected chi connectivity index (χ4v) is 2.13. The van der Waals surface area contributed by atoms with Crippen LogP contribution < -0.4 is 5.32 Å². The molecule has 0 fully saturated rings. The van der Waals surface area contributed by atoms with E-state index in [0.717, 1.165) is 17.8 Å². The second-order valence-corrected chi connectivity index (χ2v) is 5.03. The highest BCUT2D eigenvalue weighted by Gasteiger charge is 2.29. The normalized spacial score (nSPS) is 11.3. The summed E-state index contributed by atoms with van der Waals surface area (Å²) in [6, 6.07) is 12.8. The van der Waals surface area contributed by atoms with Crippen molar-refractivity contribution in [3.63, 3.8) is 0 Å². The van der Waals surface area contributed by atoms with E-state index in [4.69, 9.17) is 0 Å². The molecule has 3 aromatic rings. The van der Waals surface area contributed by atoms with Crippen LogP contribution in [0.3, 0.4) is 0 Å². The number of nitrogens with zero attached hydrogens (tertiary/aromatic N) is 2. The number of aromatic nitrogens is 2. The maximum Gasteiger partial charge on any atom is 0.416 e. The molecule has 1 N–H and O–H groups in total. The van der Waals surface area contributed by atoms with E-state index in [1.807, 2.05) is 0 Å². The van der Waals surface area contributed by atoms with Crippen LogP contribution in [0.4, 0.5) is 18.9 Å². The molecule has 0 spiro atoms. The van der Waals surface area contributed by atoms with E-state index in [-0.39, 0.29) is 0 Å². The molecule has 7 heteroatoms. The van der Waals surface area contributed by atoms with Crippen molar-refractivity contribution >= 4 is 11.6 Å². The van der Waals surface area contributed by atoms with Crippen molar-refractivity contribution in [1.29, 1.82) is 0 Å². The van der Waals surface area contributed by atoms with Gasteiger partial charge < -0.3 is 5.32 Å². The van der Waals surface area contributed by atoms with E-state index in [2.05, 4.69) is 10.4 Å². The van der Waals surface area contributed by atoms with E-state index >= 15 is 0 Å². The number of carbonyl (C=O) groups is 1. The molecular formula is C17H12F3N3O. The highest BCUT2D eigenvalue weighted by Crippen LogP contribution is 2.29. The van der Waals surface area contributed by atoms with Crippen LogP contribution in [-0.2, 0) is 6.18 Å². The molecule has 24 heavy (non-hydrogen) atoms. The van der Waals surface area contributed by atoms with Gasteiger partial charge >= 0.3 is 6.18 Å². The number of anilines is 1. The zero-order valence-electron chi connectivity index (χ0n) is 12.3. The van der Waals surface area contributed by atoms with Crippen LogP contribution in [0.15, 0.2) is 67.0 Å². The zero-order valence-corrected chi connectivity index (χ0v) is 12.3. The van der Waals surface area contributed by atoms with Crippen molar-refractivity contribution in [1.82, 2.24) is 9.78 Å². The number of halogens is 3. The van der Waals surface area contributed by atoms with Crippen molar-refractivity contribution in [2.24, 2.45) is 0 Å². The predicted octanol–water partition coefficient (Wildman–Crippen LogP) is 4.14. The molecule has 0 unspecified atom stereocenters. The number of rotatable bonds is 3. The molecule has 0 atom stereocenters. The third-order valence-corrected chi connectivity index (χ3v) is 3.37. The molecule has 0 bridgehead atoms. The van der Waals surface area contributed by atoms with Gasteiger partial charge in [0.25, 0.3) is 5.91 Å². The number of alkyl halides is 3. The van der Waals surface area contributed by atoms with E-state index in [0.29, 0.717) is 11.3 Å². The van der Waals surface area contributed by atoms with Crippen LogP contribution in [0.2, 0.25) is 0 Å². The minimum Gasteiger partial charge on any atom is -0.322 e. The summed E-state index contributed by atoms with van der Waals surface area (Å²) < 4.78 is 39.2. The largest absolute Gasteiger partial charge is 0.416 e. The molecule has 0 saturated heterocycles. The standard InChI is InChI=1S/C17H12F3N3O/c18-17(19,20)13-4-6-14(7-5-13)22-16(24)12-2-8-15(9-3-12)23-11-1-10-21-23/h1-11H,(H,22,24). The van der Waals surface area contributed by atoms with E-state index in [1.165, 1.54) is 12.1 Å². The summed E-state index contributed by atoms with van der Waals surface area (Å²) in [4.78, 5) is 12.1. The van der Waals surface area contributed by atoms with Gasteiger partial charge in [0.1, 0.15) is 0 Å². The quantitative estimate of drug-likeness (QED) is 0.784. The second-order valence-electron chi connectivity index (χ2n) is 5.03. The van der Waals surface area contributed by atoms with Crippen molar-refractivity contribution in [2.75, 3.05) is 5.32 Å². The molecule has 1 heterocycles. The lowest BCUT2D eigenvalue weighted by Gasteiger charge is -2.09. The molecule has 3 rings (SSSR count). The maximum absolute atomic E-state index is 12.5. The minimum atomic E-state index is -4.40. The Morgan fingerprint density at radius 1 is 1.00 bits per heavy atom. The van der Waals surface area contributed by atoms with Crippen LogP contribution in [0.1, 0.15) is 15.9 Å². The Labute approximate surface area is 135 Å². The number of amides is 1. The molecule has 4 nitrogen and oxygen atoms in total. The summed E-state index contributed by atoms with van der Waals surface area (Å²) in [6.07, 6.45) is -0.979. The summed E-state index contributed by atoms with van der Waals surface area (Å²) in [6.45, 7) is 0. The smallest absolute Gasteiger partial charge is 0.322 e. The van der Waals surface area contributed by atoms with Gasteiger partial charge in [-0.3, -0.25) is 4.79 Å². The van der Waals surface area contributed by atoms with Gasteiger partial charge in [0.2, 0.25) is 0 Å². The third-order valence-electron chi connectivity index (χ3n) is 3.37. The Bertz CT molecular complexity index is 823. The monoisotopic (exact) mass is 331 g/mol. The lowest BCUT2D eigenvalue weighted by Crippen LogP contribution is -2.12. The second kappa shape index (κ2) is 6.19. The number of hydrogen-bond donors (Lipinski definition) is 1. The van der Waals surface area contributed by atoms with Crippen LogP contribution >= 0.6 is 0 Å². The average Bonchev–Trinajstić information content (AvgIpc) is 3.09. The first kappa shape index (κ1) is 15.8. The Balaban J connectivity index is 1.71. The van der Waals surface area contributed by atoms with Gasteiger partial charge in [0.05, 0.1) is 11.3 Å². The van der Waals surface area contributed by atoms with Gasteiger partial charge in [-0.15, -0.1) is 0 Å². The predicted molar refractivity (Wildman–Crippen MR) is 83.0 cm³/mol. The summed E-state index contributed by atoms with van der Waals surface area (Å²) in [5.41, 5.74) is 0.727. The maximum atomic E-state index is 12.5. The summed E-state index contributed by atoms with van der Waals surface area (Å²) in [5, 5.41) is 6.64. The van der Waals surface area contributed by atoms with E-state index in [1.54, 1.807) is 47.4 Å². The molecule has 0 aliphatic rings. The van der Waals surface area contributed by atoms with Crippen LogP contribution in [-0.4, -0.2) is 15.7 Å². The van der Waals surface area contributed by atoms with Crippen molar-refractivity contribution < 1.29 is 18.0 Å². The molecule has 2 aromatic carbocycles. The lowest BCUT2D eigenvalue weighted by molar-refractivity contribution is -0.137. The van der Waals surface area contributed by atoms with Gasteiger partial charge in [-0.2, -0.15) is 18.3 Å². The number of carbonyl (C=O) groups excluding carboxylic acids is 1. The van der Waals surface area contributed by atoms with Crippen LogP contribution in [0, 0.1) is 0 Å². The van der Waals surface area contributed by atoms with E-state index in [9.17, 15) is 18.0 Å². The summed E-state index contributed by atoms with van der Waals surface area (Å²) >= 11 is 0. The number of hydrogen-bond acceptors (Lipinski definition) is 2. The highest BCUT2D eigenvalue weighted by molar-refractivity contribution is 6.04. The Hall–Kier alpha value is -3.09. The minimum absolute atomic E-state index is 0.296. The van der Waals surface area contributed by atoms with Crippen molar-refractivity contribution in [3.8, 4) is 5.69 Å². The molecule has 1 aromatic heterocycles. The fraction of sp³-hybridized carbons (Fsp3) is 0.0588. The number of nitrogens with one attached hydrogen (secondary N) is 1. The molecule has 122 valence electrons. The van der Waals surface area contributed by atoms with Gasteiger partial charge in [-0.25, -0.2) is 4.68 Å². The highest BCUT2D eigenvalue weighted by atomic mass is 19.4. The summed E-state index contributed by atoms with van der Waals surface area (Å²) in [7, 11) is 0. The average molecular weight is 331 g/mol. The van der Waals surface area contributed by atoms with Gasteiger partial charge in [-0.05, 0) is 54.6 Å². The molecule has 0 aliphatic heterocycles. The molecule has 0 radical (unpaired) electrons. The van der Waals surface area contributed by atoms with Crippen LogP contribution in [0.25, 0.3) is 5.69 Å². The Morgan fingerprint density at radius 2 is 1.67 bits per heavy atom. The first-order valence-electron chi connectivity index (χ1n) is 7.02. The number of benzene rings is 2. The van der Waals surface area contributed by atoms with Gasteiger partial charge in [0.15, 0.2) is 0 Å². The molecular weight excluding hydrogens is 319 g/mol. The fourth-order valence-electron chi connectivity index (χ4n) is 2.13. The molecule has 0 saturated carbocycles. The van der Waals surface area contributed by atoms with Crippen molar-refractivity contribution in [2.45, 2.75) is 6.18 Å². The SMILES string of the molecule is O=C(Nc1ccc(C(F)(F)F)cc1)c1ccc(-n2cccn2)cc1. The zero-order chi connectivity index (χ0) is 17.2. The Morgan fingerprint density at radius 3 is 2.21 bits per heavy atom.